The summed E-state index contributed by atoms with van der Waals surface area (Å²) in [4.78, 5) is 23.9. The van der Waals surface area contributed by atoms with Crippen LogP contribution in [0.4, 0.5) is 0 Å². The molecule has 3 aromatic rings. The van der Waals surface area contributed by atoms with Gasteiger partial charge in [0.25, 0.3) is 0 Å². The molecule has 0 saturated carbocycles. The summed E-state index contributed by atoms with van der Waals surface area (Å²) in [5.41, 5.74) is 3.08. The van der Waals surface area contributed by atoms with Crippen molar-refractivity contribution in [3.8, 4) is 0 Å². The summed E-state index contributed by atoms with van der Waals surface area (Å²) in [7, 11) is 1.42. The van der Waals surface area contributed by atoms with Gasteiger partial charge in [-0.15, -0.1) is 0 Å². The van der Waals surface area contributed by atoms with E-state index in [0.717, 1.165) is 55.2 Å². The van der Waals surface area contributed by atoms with Crippen molar-refractivity contribution >= 4 is 11.9 Å². The molecule has 1 saturated heterocycles. The summed E-state index contributed by atoms with van der Waals surface area (Å²) < 4.78 is 37.1. The number of hydrogen-bond donors (Lipinski definition) is 1. The second-order valence-corrected chi connectivity index (χ2v) is 12.1. The average Bonchev–Trinajstić information content (AvgIpc) is 3.11. The minimum atomic E-state index is -0.767. The van der Waals surface area contributed by atoms with Crippen molar-refractivity contribution in [2.24, 2.45) is 0 Å². The van der Waals surface area contributed by atoms with Crippen molar-refractivity contribution in [2.45, 2.75) is 102 Å². The second kappa shape index (κ2) is 21.4. The lowest BCUT2D eigenvalue weighted by Crippen LogP contribution is -2.66. The lowest BCUT2D eigenvalue weighted by molar-refractivity contribution is -0.290. The Kier molecular flexibility index (Phi) is 16.6. The third-order valence-electron chi connectivity index (χ3n) is 8.27. The average molecular weight is 662 g/mol. The Morgan fingerprint density at radius 2 is 1.19 bits per heavy atom. The third-order valence-corrected chi connectivity index (χ3v) is 8.27. The van der Waals surface area contributed by atoms with Crippen LogP contribution in [0.2, 0.25) is 0 Å². The van der Waals surface area contributed by atoms with Crippen LogP contribution < -0.4 is 5.32 Å². The molecule has 260 valence electrons. The van der Waals surface area contributed by atoms with Crippen LogP contribution in [0.15, 0.2) is 91.0 Å². The molecule has 1 aliphatic rings. The zero-order chi connectivity index (χ0) is 33.8. The number of amides is 1. The quantitative estimate of drug-likeness (QED) is 0.102. The highest BCUT2D eigenvalue weighted by Crippen LogP contribution is 2.29. The van der Waals surface area contributed by atoms with Crippen LogP contribution in [-0.2, 0) is 57.8 Å². The summed E-state index contributed by atoms with van der Waals surface area (Å²) in [5, 5.41) is 3.07. The first-order valence-electron chi connectivity index (χ1n) is 17.1. The fourth-order valence-corrected chi connectivity index (χ4v) is 5.75. The molecule has 9 nitrogen and oxygen atoms in total. The first-order valence-corrected chi connectivity index (χ1v) is 17.1. The monoisotopic (exact) mass is 661 g/mol. The maximum Gasteiger partial charge on any atom is 0.305 e. The van der Waals surface area contributed by atoms with E-state index in [1.165, 1.54) is 14.0 Å². The van der Waals surface area contributed by atoms with E-state index in [4.69, 9.17) is 28.4 Å². The summed E-state index contributed by atoms with van der Waals surface area (Å²) in [6.45, 7) is 3.28. The van der Waals surface area contributed by atoms with Crippen LogP contribution in [0, 0.1) is 0 Å². The minimum absolute atomic E-state index is 0.160. The number of benzene rings is 3. The molecule has 1 N–H and O–H groups in total. The number of methoxy groups -OCH3 is 1. The highest BCUT2D eigenvalue weighted by molar-refractivity contribution is 5.73. The van der Waals surface area contributed by atoms with E-state index in [1.54, 1.807) is 0 Å². The van der Waals surface area contributed by atoms with Gasteiger partial charge in [-0.05, 0) is 29.5 Å². The molecular weight excluding hydrogens is 610 g/mol. The van der Waals surface area contributed by atoms with Crippen molar-refractivity contribution in [1.82, 2.24) is 5.32 Å². The predicted octanol–water partition coefficient (Wildman–Crippen LogP) is 6.52. The van der Waals surface area contributed by atoms with Crippen molar-refractivity contribution < 1.29 is 38.0 Å². The number of nitrogens with one attached hydrogen (secondary N) is 1. The maximum absolute atomic E-state index is 12.6. The normalized spacial score (nSPS) is 20.7. The van der Waals surface area contributed by atoms with Crippen LogP contribution in [0.3, 0.4) is 0 Å². The first-order chi connectivity index (χ1) is 23.5. The smallest absolute Gasteiger partial charge is 0.305 e. The number of carbonyl (C=O) groups excluding carboxylic acids is 2. The molecule has 0 spiro atoms. The van der Waals surface area contributed by atoms with Gasteiger partial charge in [-0.2, -0.15) is 0 Å². The van der Waals surface area contributed by atoms with Gasteiger partial charge in [-0.25, -0.2) is 0 Å². The van der Waals surface area contributed by atoms with Gasteiger partial charge in [0.2, 0.25) is 5.91 Å². The number of ether oxygens (including phenoxy) is 6. The highest BCUT2D eigenvalue weighted by Gasteiger charge is 2.48. The summed E-state index contributed by atoms with van der Waals surface area (Å²) in [6.07, 6.45) is 3.75. The Hall–Kier alpha value is -3.60. The molecule has 48 heavy (non-hydrogen) atoms. The van der Waals surface area contributed by atoms with E-state index < -0.39 is 30.6 Å². The second-order valence-electron chi connectivity index (χ2n) is 12.1. The molecule has 1 fully saturated rings. The first kappa shape index (κ1) is 37.2. The third kappa shape index (κ3) is 13.1. The largest absolute Gasteiger partial charge is 0.469 e. The van der Waals surface area contributed by atoms with E-state index in [0.29, 0.717) is 32.8 Å². The SMILES string of the molecule is COC(=O)CCCCCCCCO[C@@H]1O[C@H](COCc2ccccc2)[C@@H](OCc2ccccc2)[C@H](OCc2ccccc2)[C@H]1NC(C)=O. The van der Waals surface area contributed by atoms with Crippen LogP contribution >= 0.6 is 0 Å². The van der Waals surface area contributed by atoms with E-state index in [1.807, 2.05) is 91.0 Å². The molecule has 0 radical (unpaired) electrons. The molecule has 0 unspecified atom stereocenters. The van der Waals surface area contributed by atoms with Gasteiger partial charge >= 0.3 is 5.97 Å². The molecule has 1 heterocycles. The topological polar surface area (TPSA) is 102 Å². The van der Waals surface area contributed by atoms with Crippen molar-refractivity contribution in [3.63, 3.8) is 0 Å². The zero-order valence-electron chi connectivity index (χ0n) is 28.3. The van der Waals surface area contributed by atoms with Crippen LogP contribution in [-0.4, -0.2) is 62.8 Å². The van der Waals surface area contributed by atoms with Gasteiger partial charge in [0.1, 0.15) is 24.4 Å². The zero-order valence-corrected chi connectivity index (χ0v) is 28.3. The minimum Gasteiger partial charge on any atom is -0.469 e. The van der Waals surface area contributed by atoms with E-state index in [9.17, 15) is 9.59 Å². The van der Waals surface area contributed by atoms with Crippen LogP contribution in [0.5, 0.6) is 0 Å². The molecule has 3 aromatic carbocycles. The Bertz CT molecular complexity index is 1310. The van der Waals surface area contributed by atoms with Gasteiger partial charge in [0.15, 0.2) is 6.29 Å². The van der Waals surface area contributed by atoms with E-state index in [-0.39, 0.29) is 18.5 Å². The van der Waals surface area contributed by atoms with Gasteiger partial charge in [-0.3, -0.25) is 9.59 Å². The fourth-order valence-electron chi connectivity index (χ4n) is 5.75. The van der Waals surface area contributed by atoms with Gasteiger partial charge in [0.05, 0.1) is 33.5 Å². The van der Waals surface area contributed by atoms with Crippen molar-refractivity contribution in [3.05, 3.63) is 108 Å². The fraction of sp³-hybridized carbons (Fsp3) is 0.487. The van der Waals surface area contributed by atoms with Crippen molar-refractivity contribution in [1.29, 1.82) is 0 Å². The lowest BCUT2D eigenvalue weighted by Gasteiger charge is -2.46. The number of hydrogen-bond acceptors (Lipinski definition) is 8. The summed E-state index contributed by atoms with van der Waals surface area (Å²) in [6, 6.07) is 29.3. The molecule has 0 aromatic heterocycles. The summed E-state index contributed by atoms with van der Waals surface area (Å²) in [5.74, 6) is -0.370. The van der Waals surface area contributed by atoms with Gasteiger partial charge in [0, 0.05) is 20.0 Å². The van der Waals surface area contributed by atoms with Gasteiger partial charge in [-0.1, -0.05) is 117 Å². The Morgan fingerprint density at radius 1 is 0.667 bits per heavy atom. The Balaban J connectivity index is 1.46. The molecule has 1 amide bonds. The maximum atomic E-state index is 12.6. The number of carbonyl (C=O) groups is 2. The van der Waals surface area contributed by atoms with Gasteiger partial charge < -0.3 is 33.7 Å². The molecule has 1 aliphatic heterocycles. The lowest BCUT2D eigenvalue weighted by atomic mass is 9.95. The standard InChI is InChI=1S/C39H51NO8/c1-30(41)40-36-38(47-28-33-22-14-9-15-23-33)37(46-27-32-20-12-8-13-21-32)34(29-44-26-31-18-10-7-11-19-31)48-39(36)45-25-17-6-4-3-5-16-24-35(42)43-2/h7-15,18-23,34,36-39H,3-6,16-17,24-29H2,1-2H3,(H,40,41)/t34-,36-,37-,38-,39-/m1/s1. The molecule has 5 atom stereocenters. The van der Waals surface area contributed by atoms with E-state index in [2.05, 4.69) is 5.32 Å². The number of rotatable bonds is 21. The summed E-state index contributed by atoms with van der Waals surface area (Å²) >= 11 is 0. The van der Waals surface area contributed by atoms with Crippen LogP contribution in [0.1, 0.15) is 68.6 Å². The molecule has 9 heteroatoms. The number of unbranched alkanes of at least 4 members (excludes halogenated alkanes) is 5. The molecule has 0 aliphatic carbocycles. The van der Waals surface area contributed by atoms with Crippen molar-refractivity contribution in [2.75, 3.05) is 20.3 Å². The highest BCUT2D eigenvalue weighted by atomic mass is 16.7. The molecule has 4 rings (SSSR count). The van der Waals surface area contributed by atoms with Crippen LogP contribution in [0.25, 0.3) is 0 Å². The Labute approximate surface area is 285 Å². The predicted molar refractivity (Wildman–Crippen MR) is 183 cm³/mol. The Morgan fingerprint density at radius 3 is 1.75 bits per heavy atom. The number of esters is 1. The molecular formula is C39H51NO8. The van der Waals surface area contributed by atoms with E-state index >= 15 is 0 Å². The molecule has 0 bridgehead atoms.